The molecule has 0 aromatic carbocycles. The van der Waals surface area contributed by atoms with Crippen molar-refractivity contribution >= 4 is 6.09 Å². The zero-order chi connectivity index (χ0) is 15.9. The predicted molar refractivity (Wildman–Crippen MR) is 84.7 cm³/mol. The van der Waals surface area contributed by atoms with Gasteiger partial charge >= 0.3 is 6.09 Å². The van der Waals surface area contributed by atoms with Gasteiger partial charge in [0, 0.05) is 29.6 Å². The Morgan fingerprint density at radius 1 is 1.32 bits per heavy atom. The highest BCUT2D eigenvalue weighted by molar-refractivity contribution is 5.69. The van der Waals surface area contributed by atoms with Crippen molar-refractivity contribution in [1.29, 1.82) is 0 Å². The maximum absolute atomic E-state index is 12.5. The van der Waals surface area contributed by atoms with E-state index in [9.17, 15) is 4.79 Å². The van der Waals surface area contributed by atoms with Crippen molar-refractivity contribution in [1.82, 2.24) is 15.1 Å². The van der Waals surface area contributed by atoms with E-state index in [1.54, 1.807) is 0 Å². The molecule has 1 amide bonds. The van der Waals surface area contributed by atoms with E-state index in [4.69, 9.17) is 4.74 Å². The molecule has 22 heavy (non-hydrogen) atoms. The van der Waals surface area contributed by atoms with E-state index in [2.05, 4.69) is 17.1 Å². The van der Waals surface area contributed by atoms with Crippen LogP contribution in [-0.2, 0) is 17.7 Å². The number of carbonyl (C=O) groups is 1. The summed E-state index contributed by atoms with van der Waals surface area (Å²) in [6, 6.07) is 0.138. The largest absolute Gasteiger partial charge is 0.444 e. The summed E-state index contributed by atoms with van der Waals surface area (Å²) < 4.78 is 5.56. The van der Waals surface area contributed by atoms with Gasteiger partial charge in [0.15, 0.2) is 0 Å². The predicted octanol–water partition coefficient (Wildman–Crippen LogP) is 3.75. The minimum atomic E-state index is -0.457. The van der Waals surface area contributed by atoms with E-state index in [0.717, 1.165) is 6.42 Å². The van der Waals surface area contributed by atoms with E-state index in [-0.39, 0.29) is 12.1 Å². The van der Waals surface area contributed by atoms with Crippen molar-refractivity contribution in [2.75, 3.05) is 0 Å². The minimum absolute atomic E-state index is 0.138. The number of aromatic amines is 1. The molecule has 0 bridgehead atoms. The highest BCUT2D eigenvalue weighted by Gasteiger charge is 2.34. The van der Waals surface area contributed by atoms with Crippen LogP contribution < -0.4 is 0 Å². The van der Waals surface area contributed by atoms with Gasteiger partial charge in [0.1, 0.15) is 5.60 Å². The molecule has 1 atom stereocenters. The van der Waals surface area contributed by atoms with Crippen molar-refractivity contribution in [3.63, 3.8) is 0 Å². The Labute approximate surface area is 132 Å². The molecule has 3 rings (SSSR count). The summed E-state index contributed by atoms with van der Waals surface area (Å²) in [5, 5.41) is 7.79. The van der Waals surface area contributed by atoms with Gasteiger partial charge in [-0.2, -0.15) is 5.10 Å². The Kier molecular flexibility index (Phi) is 3.91. The Bertz CT molecular complexity index is 553. The molecule has 1 aromatic rings. The molecule has 2 aliphatic rings. The van der Waals surface area contributed by atoms with E-state index >= 15 is 0 Å². The Morgan fingerprint density at radius 3 is 2.64 bits per heavy atom. The van der Waals surface area contributed by atoms with Gasteiger partial charge in [-0.3, -0.25) is 5.10 Å². The third-order valence-corrected chi connectivity index (χ3v) is 4.71. The number of H-pyrrole nitrogens is 1. The summed E-state index contributed by atoms with van der Waals surface area (Å²) in [7, 11) is 0. The Balaban J connectivity index is 1.80. The van der Waals surface area contributed by atoms with Crippen LogP contribution in [0, 0.1) is 0 Å². The second kappa shape index (κ2) is 5.60. The summed E-state index contributed by atoms with van der Waals surface area (Å²) in [6.45, 7) is 8.42. The zero-order valence-corrected chi connectivity index (χ0v) is 14.1. The first-order valence-corrected chi connectivity index (χ1v) is 8.41. The average Bonchev–Trinajstić information content (AvgIpc) is 3.02. The topological polar surface area (TPSA) is 58.2 Å². The molecule has 0 radical (unpaired) electrons. The molecule has 2 heterocycles. The molecule has 1 saturated carbocycles. The fourth-order valence-electron chi connectivity index (χ4n) is 3.60. The summed E-state index contributed by atoms with van der Waals surface area (Å²) in [4.78, 5) is 14.3. The number of amides is 1. The second-order valence-electron chi connectivity index (χ2n) is 7.71. The molecule has 1 unspecified atom stereocenters. The normalized spacial score (nSPS) is 22.7. The number of aromatic nitrogens is 2. The van der Waals surface area contributed by atoms with Crippen molar-refractivity contribution in [3.8, 4) is 0 Å². The number of rotatable bonds is 1. The Hall–Kier alpha value is -1.52. The van der Waals surface area contributed by atoms with Crippen molar-refractivity contribution < 1.29 is 9.53 Å². The van der Waals surface area contributed by atoms with E-state index in [1.165, 1.54) is 42.6 Å². The summed E-state index contributed by atoms with van der Waals surface area (Å²) in [5.41, 5.74) is 3.17. The number of ether oxygens (including phenoxy) is 1. The van der Waals surface area contributed by atoms with Gasteiger partial charge in [-0.15, -0.1) is 0 Å². The fraction of sp³-hybridized carbons (Fsp3) is 0.765. The third kappa shape index (κ3) is 2.99. The minimum Gasteiger partial charge on any atom is -0.444 e. The lowest BCUT2D eigenvalue weighted by Crippen LogP contribution is -2.45. The molecule has 5 nitrogen and oxygen atoms in total. The quantitative estimate of drug-likeness (QED) is 0.859. The molecule has 1 aliphatic heterocycles. The monoisotopic (exact) mass is 305 g/mol. The van der Waals surface area contributed by atoms with Gasteiger partial charge in [0.25, 0.3) is 0 Å². The number of nitrogens with one attached hydrogen (secondary N) is 1. The van der Waals surface area contributed by atoms with Crippen LogP contribution in [0.1, 0.15) is 76.2 Å². The first-order chi connectivity index (χ1) is 10.3. The summed E-state index contributed by atoms with van der Waals surface area (Å²) >= 11 is 0. The van der Waals surface area contributed by atoms with Crippen molar-refractivity contribution in [3.05, 3.63) is 17.0 Å². The smallest absolute Gasteiger partial charge is 0.410 e. The van der Waals surface area contributed by atoms with Crippen LogP contribution in [0.15, 0.2) is 0 Å². The number of carbonyl (C=O) groups excluding carboxylic acids is 1. The van der Waals surface area contributed by atoms with Crippen LogP contribution in [0.3, 0.4) is 0 Å². The van der Waals surface area contributed by atoms with Crippen LogP contribution in [0.5, 0.6) is 0 Å². The first-order valence-electron chi connectivity index (χ1n) is 8.41. The molecule has 122 valence electrons. The van der Waals surface area contributed by atoms with Gasteiger partial charge < -0.3 is 9.64 Å². The van der Waals surface area contributed by atoms with Gasteiger partial charge in [0.2, 0.25) is 0 Å². The zero-order valence-electron chi connectivity index (χ0n) is 14.1. The molecular formula is C17H27N3O2. The van der Waals surface area contributed by atoms with E-state index < -0.39 is 5.60 Å². The fourth-order valence-corrected chi connectivity index (χ4v) is 3.60. The Morgan fingerprint density at radius 2 is 2.00 bits per heavy atom. The molecule has 1 aromatic heterocycles. The van der Waals surface area contributed by atoms with Crippen LogP contribution in [0.25, 0.3) is 0 Å². The van der Waals surface area contributed by atoms with Gasteiger partial charge in [-0.1, -0.05) is 12.8 Å². The van der Waals surface area contributed by atoms with Crippen LogP contribution >= 0.6 is 0 Å². The highest BCUT2D eigenvalue weighted by atomic mass is 16.6. The maximum Gasteiger partial charge on any atom is 0.410 e. The summed E-state index contributed by atoms with van der Waals surface area (Å²) in [6.07, 6.45) is 5.63. The number of fused-ring (bicyclic) bond motifs is 1. The maximum atomic E-state index is 12.5. The van der Waals surface area contributed by atoms with E-state index in [1.807, 2.05) is 25.7 Å². The molecule has 1 fully saturated rings. The van der Waals surface area contributed by atoms with Crippen molar-refractivity contribution in [2.45, 2.75) is 83.9 Å². The first kappa shape index (κ1) is 15.4. The standard InChI is InChI=1S/C17H27N3O2/c1-11-9-14-13(10-20(11)16(21)22-17(2,3)4)15(19-18-14)12-7-5-6-8-12/h11-12H,5-10H2,1-4H3,(H,18,19). The molecule has 1 N–H and O–H groups in total. The average molecular weight is 305 g/mol. The molecular weight excluding hydrogens is 278 g/mol. The van der Waals surface area contributed by atoms with E-state index in [0.29, 0.717) is 12.5 Å². The number of hydrogen-bond acceptors (Lipinski definition) is 3. The lowest BCUT2D eigenvalue weighted by Gasteiger charge is -2.35. The second-order valence-corrected chi connectivity index (χ2v) is 7.71. The number of nitrogens with zero attached hydrogens (tertiary/aromatic N) is 2. The van der Waals surface area contributed by atoms with Gasteiger partial charge in [-0.05, 0) is 40.5 Å². The lowest BCUT2D eigenvalue weighted by atomic mass is 9.94. The van der Waals surface area contributed by atoms with Crippen molar-refractivity contribution in [2.24, 2.45) is 0 Å². The van der Waals surface area contributed by atoms with Gasteiger partial charge in [-0.25, -0.2) is 4.79 Å². The van der Waals surface area contributed by atoms with Gasteiger partial charge in [0.05, 0.1) is 12.2 Å². The molecule has 5 heteroatoms. The molecule has 0 saturated heterocycles. The SMILES string of the molecule is CC1Cc2[nH]nc(C3CCCC3)c2CN1C(=O)OC(C)(C)C. The van der Waals surface area contributed by atoms with Crippen LogP contribution in [-0.4, -0.2) is 32.8 Å². The third-order valence-electron chi connectivity index (χ3n) is 4.71. The highest BCUT2D eigenvalue weighted by Crippen LogP contribution is 2.37. The number of hydrogen-bond donors (Lipinski definition) is 1. The van der Waals surface area contributed by atoms with Crippen LogP contribution in [0.2, 0.25) is 0 Å². The molecule has 1 aliphatic carbocycles. The molecule has 0 spiro atoms. The lowest BCUT2D eigenvalue weighted by molar-refractivity contribution is 0.0137. The van der Waals surface area contributed by atoms with Crippen LogP contribution in [0.4, 0.5) is 4.79 Å². The summed E-state index contributed by atoms with van der Waals surface area (Å²) in [5.74, 6) is 0.564.